The molecule has 0 spiro atoms. The molecular weight excluding hydrogens is 366 g/mol. The van der Waals surface area contributed by atoms with Crippen LogP contribution in [0.5, 0.6) is 0 Å². The van der Waals surface area contributed by atoms with Gasteiger partial charge >= 0.3 is 0 Å². The fourth-order valence-electron chi connectivity index (χ4n) is 3.69. The lowest BCUT2D eigenvalue weighted by atomic mass is 9.87. The molecule has 27 heavy (non-hydrogen) atoms. The number of benzene rings is 1. The molecule has 142 valence electrons. The van der Waals surface area contributed by atoms with Gasteiger partial charge < -0.3 is 15.6 Å². The van der Waals surface area contributed by atoms with Crippen LogP contribution in [0.4, 0.5) is 0 Å². The number of piperidine rings is 1. The van der Waals surface area contributed by atoms with Gasteiger partial charge in [-0.2, -0.15) is 5.10 Å². The maximum absolute atomic E-state index is 13.1. The zero-order valence-electron chi connectivity index (χ0n) is 14.8. The summed E-state index contributed by atoms with van der Waals surface area (Å²) in [6, 6.07) is 11.0. The van der Waals surface area contributed by atoms with Gasteiger partial charge in [0, 0.05) is 35.9 Å². The van der Waals surface area contributed by atoms with Crippen LogP contribution in [0.25, 0.3) is 10.9 Å². The van der Waals surface area contributed by atoms with Crippen molar-refractivity contribution in [2.75, 3.05) is 13.1 Å². The predicted molar refractivity (Wildman–Crippen MR) is 106 cm³/mol. The second-order valence-corrected chi connectivity index (χ2v) is 6.62. The van der Waals surface area contributed by atoms with Crippen molar-refractivity contribution < 1.29 is 4.79 Å². The van der Waals surface area contributed by atoms with Crippen LogP contribution in [0.2, 0.25) is 0 Å². The molecule has 0 aliphatic carbocycles. The first-order valence-corrected chi connectivity index (χ1v) is 8.79. The number of amides is 1. The Labute approximate surface area is 162 Å². The third kappa shape index (κ3) is 3.61. The minimum atomic E-state index is -0.689. The Morgan fingerprint density at radius 2 is 2.00 bits per heavy atom. The van der Waals surface area contributed by atoms with Crippen molar-refractivity contribution in [3.05, 3.63) is 64.7 Å². The van der Waals surface area contributed by atoms with E-state index in [4.69, 9.17) is 0 Å². The SMILES string of the molecule is Cl.O=C(NCc1cc(=O)[nH]c2ccccc12)C1(n2cccn2)CCNCC1. The van der Waals surface area contributed by atoms with E-state index in [-0.39, 0.29) is 23.9 Å². The molecule has 0 bridgehead atoms. The number of aromatic amines is 1. The van der Waals surface area contributed by atoms with Crippen molar-refractivity contribution in [1.82, 2.24) is 25.4 Å². The zero-order chi connectivity index (χ0) is 18.0. The first-order chi connectivity index (χ1) is 12.7. The highest BCUT2D eigenvalue weighted by atomic mass is 35.5. The summed E-state index contributed by atoms with van der Waals surface area (Å²) in [5.41, 5.74) is 0.720. The molecule has 1 amide bonds. The standard InChI is InChI=1S/C19H21N5O2.ClH/c25-17-12-14(15-4-1-2-5-16(15)23-17)13-21-18(26)19(6-9-20-10-7-19)24-11-3-8-22-24;/h1-5,8,11-12,20H,6-7,9-10,13H2,(H,21,26)(H,23,25);1H. The number of rotatable bonds is 4. The van der Waals surface area contributed by atoms with Crippen LogP contribution in [0.15, 0.2) is 53.6 Å². The van der Waals surface area contributed by atoms with E-state index in [1.165, 1.54) is 0 Å². The molecule has 0 saturated carbocycles. The molecule has 4 rings (SSSR count). The lowest BCUT2D eigenvalue weighted by Gasteiger charge is -2.36. The van der Waals surface area contributed by atoms with E-state index in [0.29, 0.717) is 19.4 Å². The van der Waals surface area contributed by atoms with Gasteiger partial charge in [-0.05, 0) is 43.6 Å². The van der Waals surface area contributed by atoms with Crippen molar-refractivity contribution in [3.8, 4) is 0 Å². The molecular formula is C19H22ClN5O2. The van der Waals surface area contributed by atoms with E-state index in [2.05, 4.69) is 20.7 Å². The molecule has 1 saturated heterocycles. The van der Waals surface area contributed by atoms with E-state index in [1.807, 2.05) is 36.5 Å². The number of carbonyl (C=O) groups is 1. The molecule has 3 aromatic rings. The van der Waals surface area contributed by atoms with Crippen LogP contribution in [0.1, 0.15) is 18.4 Å². The quantitative estimate of drug-likeness (QED) is 0.633. The van der Waals surface area contributed by atoms with E-state index in [1.54, 1.807) is 16.9 Å². The fourth-order valence-corrected chi connectivity index (χ4v) is 3.69. The molecule has 1 fully saturated rings. The second kappa shape index (κ2) is 7.94. The Balaban J connectivity index is 0.00000210. The van der Waals surface area contributed by atoms with Crippen LogP contribution < -0.4 is 16.2 Å². The Bertz CT molecular complexity index is 977. The molecule has 0 radical (unpaired) electrons. The van der Waals surface area contributed by atoms with Gasteiger partial charge in [0.15, 0.2) is 0 Å². The summed E-state index contributed by atoms with van der Waals surface area (Å²) in [5.74, 6) is -0.0629. The highest BCUT2D eigenvalue weighted by Gasteiger charge is 2.41. The smallest absolute Gasteiger partial charge is 0.248 e. The van der Waals surface area contributed by atoms with Gasteiger partial charge in [0.2, 0.25) is 11.5 Å². The number of H-pyrrole nitrogens is 1. The normalized spacial score (nSPS) is 15.9. The number of aromatic nitrogens is 3. The van der Waals surface area contributed by atoms with E-state index >= 15 is 0 Å². The number of nitrogens with zero attached hydrogens (tertiary/aromatic N) is 2. The topological polar surface area (TPSA) is 91.8 Å². The lowest BCUT2D eigenvalue weighted by molar-refractivity contribution is -0.132. The molecule has 0 unspecified atom stereocenters. The average molecular weight is 388 g/mol. The minimum absolute atomic E-state index is 0. The van der Waals surface area contributed by atoms with Crippen molar-refractivity contribution in [1.29, 1.82) is 0 Å². The minimum Gasteiger partial charge on any atom is -0.350 e. The van der Waals surface area contributed by atoms with Gasteiger partial charge in [0.05, 0.1) is 0 Å². The van der Waals surface area contributed by atoms with Gasteiger partial charge in [-0.3, -0.25) is 14.3 Å². The van der Waals surface area contributed by atoms with E-state index in [9.17, 15) is 9.59 Å². The number of halogens is 1. The van der Waals surface area contributed by atoms with Crippen molar-refractivity contribution in [2.24, 2.45) is 0 Å². The van der Waals surface area contributed by atoms with Gasteiger partial charge in [-0.1, -0.05) is 18.2 Å². The van der Waals surface area contributed by atoms with Crippen LogP contribution in [-0.4, -0.2) is 33.8 Å². The largest absolute Gasteiger partial charge is 0.350 e. The van der Waals surface area contributed by atoms with Crippen molar-refractivity contribution in [2.45, 2.75) is 24.9 Å². The summed E-state index contributed by atoms with van der Waals surface area (Å²) >= 11 is 0. The molecule has 2 aromatic heterocycles. The maximum atomic E-state index is 13.1. The first-order valence-electron chi connectivity index (χ1n) is 8.79. The number of para-hydroxylation sites is 1. The summed E-state index contributed by atoms with van der Waals surface area (Å²) in [6.07, 6.45) is 4.89. The predicted octanol–water partition coefficient (Wildman–Crippen LogP) is 1.54. The summed E-state index contributed by atoms with van der Waals surface area (Å²) in [6.45, 7) is 1.84. The molecule has 1 aliphatic rings. The Hall–Kier alpha value is -2.64. The Kier molecular flexibility index (Phi) is 5.62. The number of fused-ring (bicyclic) bond motifs is 1. The monoisotopic (exact) mass is 387 g/mol. The van der Waals surface area contributed by atoms with Crippen molar-refractivity contribution in [3.63, 3.8) is 0 Å². The molecule has 7 nitrogen and oxygen atoms in total. The van der Waals surface area contributed by atoms with E-state index < -0.39 is 5.54 Å². The third-order valence-corrected chi connectivity index (χ3v) is 5.07. The number of hydrogen-bond donors (Lipinski definition) is 3. The highest BCUT2D eigenvalue weighted by Crippen LogP contribution is 2.27. The molecule has 3 N–H and O–H groups in total. The summed E-state index contributed by atoms with van der Waals surface area (Å²) < 4.78 is 1.76. The lowest BCUT2D eigenvalue weighted by Crippen LogP contribution is -2.54. The van der Waals surface area contributed by atoms with Gasteiger partial charge in [0.1, 0.15) is 5.54 Å². The van der Waals surface area contributed by atoms with Gasteiger partial charge in [-0.25, -0.2) is 0 Å². The summed E-state index contributed by atoms with van der Waals surface area (Å²) in [5, 5.41) is 11.6. The zero-order valence-corrected chi connectivity index (χ0v) is 15.6. The molecule has 8 heteroatoms. The van der Waals surface area contributed by atoms with Crippen molar-refractivity contribution >= 4 is 29.2 Å². The Morgan fingerprint density at radius 3 is 2.74 bits per heavy atom. The van der Waals surface area contributed by atoms with E-state index in [0.717, 1.165) is 29.6 Å². The first kappa shape index (κ1) is 19.1. The number of nitrogens with one attached hydrogen (secondary N) is 3. The van der Waals surface area contributed by atoms with Crippen LogP contribution in [0.3, 0.4) is 0 Å². The van der Waals surface area contributed by atoms with Gasteiger partial charge in [0.25, 0.3) is 0 Å². The van der Waals surface area contributed by atoms with Crippen LogP contribution in [0, 0.1) is 0 Å². The summed E-state index contributed by atoms with van der Waals surface area (Å²) in [7, 11) is 0. The number of hydrogen-bond acceptors (Lipinski definition) is 4. The van der Waals surface area contributed by atoms with Gasteiger partial charge in [-0.15, -0.1) is 12.4 Å². The number of pyridine rings is 1. The second-order valence-electron chi connectivity index (χ2n) is 6.62. The number of carbonyl (C=O) groups excluding carboxylic acids is 1. The Morgan fingerprint density at radius 1 is 1.22 bits per heavy atom. The maximum Gasteiger partial charge on any atom is 0.248 e. The fraction of sp³-hybridized carbons (Fsp3) is 0.316. The highest BCUT2D eigenvalue weighted by molar-refractivity contribution is 5.86. The summed E-state index contributed by atoms with van der Waals surface area (Å²) in [4.78, 5) is 27.9. The molecule has 3 heterocycles. The van der Waals surface area contributed by atoms with Crippen LogP contribution in [-0.2, 0) is 16.9 Å². The van der Waals surface area contributed by atoms with Crippen LogP contribution >= 0.6 is 12.4 Å². The average Bonchev–Trinajstić information content (AvgIpc) is 3.21. The molecule has 1 aromatic carbocycles. The third-order valence-electron chi connectivity index (χ3n) is 5.07. The molecule has 1 aliphatic heterocycles. The molecule has 0 atom stereocenters.